The van der Waals surface area contributed by atoms with Gasteiger partial charge >= 0.3 is 0 Å². The lowest BCUT2D eigenvalue weighted by Gasteiger charge is -2.30. The molecule has 0 aliphatic heterocycles. The average molecular weight is 431 g/mol. The highest BCUT2D eigenvalue weighted by atomic mass is 32.2. The molecule has 2 aromatic rings. The normalized spacial score (nSPS) is 11.7. The Hall–Kier alpha value is -2.34. The number of nitrogens with one attached hydrogen (secondary N) is 1. The van der Waals surface area contributed by atoms with Gasteiger partial charge in [0, 0.05) is 18.8 Å². The van der Waals surface area contributed by atoms with Crippen molar-refractivity contribution in [1.82, 2.24) is 10.2 Å². The van der Waals surface area contributed by atoms with Crippen LogP contribution in [0.5, 0.6) is 0 Å². The van der Waals surface area contributed by atoms with Gasteiger partial charge in [0.1, 0.15) is 11.9 Å². The highest BCUT2D eigenvalue weighted by molar-refractivity contribution is 7.99. The molecule has 0 aliphatic rings. The van der Waals surface area contributed by atoms with E-state index in [2.05, 4.69) is 12.2 Å². The third-order valence-corrected chi connectivity index (χ3v) is 5.81. The van der Waals surface area contributed by atoms with Crippen LogP contribution in [-0.2, 0) is 21.9 Å². The Morgan fingerprint density at radius 1 is 1.03 bits per heavy atom. The second-order valence-corrected chi connectivity index (χ2v) is 8.18. The molecule has 2 aromatic carbocycles. The minimum atomic E-state index is -0.499. The first-order valence-corrected chi connectivity index (χ1v) is 11.6. The number of rotatable bonds is 12. The van der Waals surface area contributed by atoms with E-state index >= 15 is 0 Å². The zero-order chi connectivity index (χ0) is 21.8. The molecular weight excluding hydrogens is 399 g/mol. The highest BCUT2D eigenvalue weighted by Gasteiger charge is 2.28. The summed E-state index contributed by atoms with van der Waals surface area (Å²) in [4.78, 5) is 27.5. The molecule has 0 aliphatic carbocycles. The predicted octanol–water partition coefficient (Wildman–Crippen LogP) is 4.78. The van der Waals surface area contributed by atoms with Gasteiger partial charge in [-0.15, -0.1) is 11.8 Å². The number of benzene rings is 2. The van der Waals surface area contributed by atoms with Crippen LogP contribution in [0.1, 0.15) is 44.2 Å². The summed E-state index contributed by atoms with van der Waals surface area (Å²) in [6.45, 7) is 5.03. The summed E-state index contributed by atoms with van der Waals surface area (Å²) in [6.07, 6.45) is 2.48. The molecule has 6 heteroatoms. The van der Waals surface area contributed by atoms with Gasteiger partial charge in [-0.05, 0) is 36.1 Å². The number of unbranched alkanes of at least 4 members (excludes halogenated alkanes) is 1. The number of amides is 2. The Labute approximate surface area is 183 Å². The van der Waals surface area contributed by atoms with E-state index in [1.54, 1.807) is 17.0 Å². The van der Waals surface area contributed by atoms with Crippen molar-refractivity contribution in [3.05, 3.63) is 71.5 Å². The number of hydrogen-bond acceptors (Lipinski definition) is 3. The van der Waals surface area contributed by atoms with Gasteiger partial charge in [0.25, 0.3) is 0 Å². The second-order valence-electron chi connectivity index (χ2n) is 7.20. The molecule has 1 atom stereocenters. The minimum Gasteiger partial charge on any atom is -0.354 e. The van der Waals surface area contributed by atoms with E-state index in [4.69, 9.17) is 0 Å². The zero-order valence-corrected chi connectivity index (χ0v) is 18.6. The van der Waals surface area contributed by atoms with E-state index in [9.17, 15) is 14.0 Å². The van der Waals surface area contributed by atoms with E-state index in [0.717, 1.165) is 24.0 Å². The average Bonchev–Trinajstić information content (AvgIpc) is 2.76. The van der Waals surface area contributed by atoms with Crippen LogP contribution in [0.25, 0.3) is 0 Å². The summed E-state index contributed by atoms with van der Waals surface area (Å²) in [5.74, 6) is 0.448. The van der Waals surface area contributed by atoms with E-state index in [1.165, 1.54) is 23.9 Å². The lowest BCUT2D eigenvalue weighted by molar-refractivity contribution is -0.139. The highest BCUT2D eigenvalue weighted by Crippen LogP contribution is 2.17. The topological polar surface area (TPSA) is 49.4 Å². The minimum absolute atomic E-state index is 0.0662. The molecule has 0 spiro atoms. The monoisotopic (exact) mass is 430 g/mol. The largest absolute Gasteiger partial charge is 0.354 e. The van der Waals surface area contributed by atoms with Crippen LogP contribution in [-0.4, -0.2) is 35.1 Å². The summed E-state index contributed by atoms with van der Waals surface area (Å²) in [5, 5.41) is 2.97. The quantitative estimate of drug-likeness (QED) is 0.493. The first-order valence-electron chi connectivity index (χ1n) is 10.5. The Balaban J connectivity index is 2.05. The smallest absolute Gasteiger partial charge is 0.242 e. The predicted molar refractivity (Wildman–Crippen MR) is 122 cm³/mol. The third kappa shape index (κ3) is 7.82. The van der Waals surface area contributed by atoms with Gasteiger partial charge < -0.3 is 10.2 Å². The number of hydrogen-bond donors (Lipinski definition) is 1. The van der Waals surface area contributed by atoms with E-state index < -0.39 is 6.04 Å². The summed E-state index contributed by atoms with van der Waals surface area (Å²) in [7, 11) is 0. The summed E-state index contributed by atoms with van der Waals surface area (Å²) >= 11 is 1.47. The Morgan fingerprint density at radius 3 is 2.37 bits per heavy atom. The molecule has 0 fully saturated rings. The molecule has 0 heterocycles. The standard InChI is InChI=1S/C24H31FN2O2S/c1-3-5-15-26-24(29)22(4-2)27(16-19-9-7-6-8-10-19)23(28)18-30-17-20-11-13-21(25)14-12-20/h6-14,22H,3-5,15-18H2,1-2H3,(H,26,29)/t22-/m1/s1. The first kappa shape index (κ1) is 23.9. The van der Waals surface area contributed by atoms with Crippen LogP contribution in [0.4, 0.5) is 4.39 Å². The van der Waals surface area contributed by atoms with Crippen molar-refractivity contribution in [3.63, 3.8) is 0 Å². The van der Waals surface area contributed by atoms with E-state index in [1.807, 2.05) is 37.3 Å². The van der Waals surface area contributed by atoms with Crippen LogP contribution in [0.15, 0.2) is 54.6 Å². The van der Waals surface area contributed by atoms with E-state index in [0.29, 0.717) is 25.3 Å². The van der Waals surface area contributed by atoms with Crippen LogP contribution in [0.3, 0.4) is 0 Å². The maximum Gasteiger partial charge on any atom is 0.242 e. The number of carbonyl (C=O) groups excluding carboxylic acids is 2. The van der Waals surface area contributed by atoms with Gasteiger partial charge in [-0.1, -0.05) is 62.7 Å². The fraction of sp³-hybridized carbons (Fsp3) is 0.417. The van der Waals surface area contributed by atoms with Crippen molar-refractivity contribution in [1.29, 1.82) is 0 Å². The molecule has 2 rings (SSSR count). The van der Waals surface area contributed by atoms with Gasteiger partial charge in [0.15, 0.2) is 0 Å². The van der Waals surface area contributed by atoms with E-state index in [-0.39, 0.29) is 23.4 Å². The Morgan fingerprint density at radius 2 is 1.73 bits per heavy atom. The van der Waals surface area contributed by atoms with Crippen LogP contribution >= 0.6 is 11.8 Å². The zero-order valence-electron chi connectivity index (χ0n) is 17.8. The Kier molecular flexibility index (Phi) is 10.4. The molecule has 1 N–H and O–H groups in total. The lowest BCUT2D eigenvalue weighted by atomic mass is 10.1. The number of halogens is 1. The van der Waals surface area contributed by atoms with Crippen molar-refractivity contribution in [3.8, 4) is 0 Å². The third-order valence-electron chi connectivity index (χ3n) is 4.82. The molecule has 0 saturated carbocycles. The van der Waals surface area contributed by atoms with Crippen LogP contribution in [0, 0.1) is 5.82 Å². The molecule has 0 aromatic heterocycles. The molecule has 0 saturated heterocycles. The Bertz CT molecular complexity index is 784. The first-order chi connectivity index (χ1) is 14.5. The molecule has 30 heavy (non-hydrogen) atoms. The number of thioether (sulfide) groups is 1. The van der Waals surface area contributed by atoms with Crippen molar-refractivity contribution >= 4 is 23.6 Å². The summed E-state index contributed by atoms with van der Waals surface area (Å²) in [5.41, 5.74) is 1.96. The maximum absolute atomic E-state index is 13.1. The summed E-state index contributed by atoms with van der Waals surface area (Å²) in [6, 6.07) is 15.5. The van der Waals surface area contributed by atoms with Gasteiger partial charge in [-0.2, -0.15) is 0 Å². The van der Waals surface area contributed by atoms with Gasteiger partial charge in [-0.3, -0.25) is 9.59 Å². The fourth-order valence-electron chi connectivity index (χ4n) is 3.13. The van der Waals surface area contributed by atoms with Gasteiger partial charge in [-0.25, -0.2) is 4.39 Å². The maximum atomic E-state index is 13.1. The van der Waals surface area contributed by atoms with Gasteiger partial charge in [0.2, 0.25) is 11.8 Å². The summed E-state index contributed by atoms with van der Waals surface area (Å²) < 4.78 is 13.1. The molecule has 162 valence electrons. The molecule has 0 unspecified atom stereocenters. The number of carbonyl (C=O) groups is 2. The van der Waals surface area contributed by atoms with Crippen LogP contribution in [0.2, 0.25) is 0 Å². The van der Waals surface area contributed by atoms with Crippen molar-refractivity contribution in [2.45, 2.75) is 51.4 Å². The van der Waals surface area contributed by atoms with Gasteiger partial charge in [0.05, 0.1) is 5.75 Å². The lowest BCUT2D eigenvalue weighted by Crippen LogP contribution is -2.49. The second kappa shape index (κ2) is 13.1. The van der Waals surface area contributed by atoms with Crippen molar-refractivity contribution in [2.75, 3.05) is 12.3 Å². The van der Waals surface area contributed by atoms with Crippen molar-refractivity contribution < 1.29 is 14.0 Å². The molecular formula is C24H31FN2O2S. The molecule has 4 nitrogen and oxygen atoms in total. The van der Waals surface area contributed by atoms with Crippen molar-refractivity contribution in [2.24, 2.45) is 0 Å². The fourth-order valence-corrected chi connectivity index (χ4v) is 4.00. The SMILES string of the molecule is CCCCNC(=O)[C@@H](CC)N(Cc1ccccc1)C(=O)CSCc1ccc(F)cc1. The van der Waals surface area contributed by atoms with Crippen LogP contribution < -0.4 is 5.32 Å². The molecule has 0 bridgehead atoms. The molecule has 0 radical (unpaired) electrons. The molecule has 2 amide bonds. The number of nitrogens with zero attached hydrogens (tertiary/aromatic N) is 1.